The van der Waals surface area contributed by atoms with Gasteiger partial charge in [0, 0.05) is 16.8 Å². The maximum absolute atomic E-state index is 11.6. The van der Waals surface area contributed by atoms with Crippen LogP contribution in [0.5, 0.6) is 0 Å². The van der Waals surface area contributed by atoms with Crippen LogP contribution in [-0.4, -0.2) is 11.2 Å². The van der Waals surface area contributed by atoms with Crippen LogP contribution in [0.3, 0.4) is 0 Å². The summed E-state index contributed by atoms with van der Waals surface area (Å²) in [5, 5.41) is 9.28. The molecule has 1 heterocycles. The summed E-state index contributed by atoms with van der Waals surface area (Å²) in [6.45, 7) is 1.86. The van der Waals surface area contributed by atoms with Gasteiger partial charge in [-0.1, -0.05) is 16.8 Å². The quantitative estimate of drug-likeness (QED) is 0.861. The molecule has 6 heteroatoms. The van der Waals surface area contributed by atoms with E-state index in [2.05, 4.69) is 15.8 Å². The zero-order chi connectivity index (χ0) is 12.3. The number of nitrogens with one attached hydrogen (secondary N) is 2. The van der Waals surface area contributed by atoms with Gasteiger partial charge in [-0.25, -0.2) is 4.79 Å². The van der Waals surface area contributed by atoms with Crippen molar-refractivity contribution in [3.8, 4) is 0 Å². The Morgan fingerprint density at radius 2 is 2.18 bits per heavy atom. The zero-order valence-corrected chi connectivity index (χ0v) is 9.78. The highest BCUT2D eigenvalue weighted by atomic mass is 35.5. The molecular formula is C11H10ClN3O2. The summed E-state index contributed by atoms with van der Waals surface area (Å²) in [5.41, 5.74) is 1.57. The van der Waals surface area contributed by atoms with Crippen LogP contribution in [0.15, 0.2) is 35.0 Å². The Balaban J connectivity index is 2.03. The highest BCUT2D eigenvalue weighted by Crippen LogP contribution is 2.19. The molecule has 2 aromatic rings. The lowest BCUT2D eigenvalue weighted by atomic mass is 10.2. The standard InChI is InChI=1S/C11H10ClN3O2/c1-7-6-8(12)2-3-9(7)14-11(16)15-10-4-5-13-17-10/h2-6H,1H3,(H2,14,15,16). The third-order valence-electron chi connectivity index (χ3n) is 2.11. The number of rotatable bonds is 2. The Morgan fingerprint density at radius 3 is 2.82 bits per heavy atom. The van der Waals surface area contributed by atoms with Crippen molar-refractivity contribution in [2.24, 2.45) is 0 Å². The third kappa shape index (κ3) is 2.98. The van der Waals surface area contributed by atoms with E-state index >= 15 is 0 Å². The van der Waals surface area contributed by atoms with Gasteiger partial charge in [0.05, 0.1) is 6.20 Å². The lowest BCUT2D eigenvalue weighted by Crippen LogP contribution is -2.19. The van der Waals surface area contributed by atoms with Crippen LogP contribution in [0.2, 0.25) is 5.02 Å². The van der Waals surface area contributed by atoms with Crippen molar-refractivity contribution in [2.75, 3.05) is 10.6 Å². The Labute approximate surface area is 103 Å². The second kappa shape index (κ2) is 4.88. The summed E-state index contributed by atoms with van der Waals surface area (Å²) in [6.07, 6.45) is 1.45. The fourth-order valence-corrected chi connectivity index (χ4v) is 1.54. The van der Waals surface area contributed by atoms with Crippen molar-refractivity contribution in [3.05, 3.63) is 41.0 Å². The van der Waals surface area contributed by atoms with Crippen molar-refractivity contribution in [1.29, 1.82) is 0 Å². The number of carbonyl (C=O) groups excluding carboxylic acids is 1. The van der Waals surface area contributed by atoms with E-state index in [-0.39, 0.29) is 5.88 Å². The first-order valence-corrected chi connectivity index (χ1v) is 5.28. The minimum absolute atomic E-state index is 0.286. The third-order valence-corrected chi connectivity index (χ3v) is 2.35. The summed E-state index contributed by atoms with van der Waals surface area (Å²) in [5.74, 6) is 0.286. The van der Waals surface area contributed by atoms with E-state index < -0.39 is 6.03 Å². The molecule has 88 valence electrons. The lowest BCUT2D eigenvalue weighted by Gasteiger charge is -2.08. The van der Waals surface area contributed by atoms with E-state index in [4.69, 9.17) is 16.1 Å². The van der Waals surface area contributed by atoms with Gasteiger partial charge in [0.2, 0.25) is 5.88 Å². The predicted molar refractivity (Wildman–Crippen MR) is 65.3 cm³/mol. The van der Waals surface area contributed by atoms with E-state index in [1.807, 2.05) is 6.92 Å². The van der Waals surface area contributed by atoms with Crippen LogP contribution in [0.1, 0.15) is 5.56 Å². The maximum Gasteiger partial charge on any atom is 0.326 e. The molecule has 0 saturated carbocycles. The Hall–Kier alpha value is -2.01. The van der Waals surface area contributed by atoms with E-state index in [0.717, 1.165) is 5.56 Å². The van der Waals surface area contributed by atoms with Gasteiger partial charge in [-0.05, 0) is 30.7 Å². The van der Waals surface area contributed by atoms with Gasteiger partial charge in [0.25, 0.3) is 0 Å². The molecule has 1 aromatic carbocycles. The topological polar surface area (TPSA) is 67.2 Å². The number of urea groups is 1. The van der Waals surface area contributed by atoms with Gasteiger partial charge in [-0.15, -0.1) is 0 Å². The van der Waals surface area contributed by atoms with E-state index in [1.54, 1.807) is 24.3 Å². The maximum atomic E-state index is 11.6. The molecule has 0 aliphatic carbocycles. The summed E-state index contributed by atoms with van der Waals surface area (Å²) in [7, 11) is 0. The Kier molecular flexibility index (Phi) is 3.30. The first-order valence-electron chi connectivity index (χ1n) is 4.90. The monoisotopic (exact) mass is 251 g/mol. The average Bonchev–Trinajstić information content (AvgIpc) is 2.75. The number of amides is 2. The molecular weight excluding hydrogens is 242 g/mol. The van der Waals surface area contributed by atoms with Crippen LogP contribution >= 0.6 is 11.6 Å². The molecule has 1 aromatic heterocycles. The molecule has 0 atom stereocenters. The largest absolute Gasteiger partial charge is 0.338 e. The first-order chi connectivity index (χ1) is 8.15. The van der Waals surface area contributed by atoms with Gasteiger partial charge < -0.3 is 9.84 Å². The Bertz CT molecular complexity index is 526. The number of hydrogen-bond acceptors (Lipinski definition) is 3. The van der Waals surface area contributed by atoms with Gasteiger partial charge in [0.1, 0.15) is 0 Å². The molecule has 0 saturated heterocycles. The van der Waals surface area contributed by atoms with E-state index in [0.29, 0.717) is 10.7 Å². The van der Waals surface area contributed by atoms with Crippen LogP contribution in [0.25, 0.3) is 0 Å². The second-order valence-electron chi connectivity index (χ2n) is 3.42. The smallest absolute Gasteiger partial charge is 0.326 e. The molecule has 0 aliphatic heterocycles. The molecule has 5 nitrogen and oxygen atoms in total. The van der Waals surface area contributed by atoms with Crippen molar-refractivity contribution < 1.29 is 9.32 Å². The highest BCUT2D eigenvalue weighted by Gasteiger charge is 2.06. The van der Waals surface area contributed by atoms with Gasteiger partial charge in [0.15, 0.2) is 0 Å². The molecule has 0 spiro atoms. The van der Waals surface area contributed by atoms with Gasteiger partial charge in [-0.2, -0.15) is 0 Å². The fraction of sp³-hybridized carbons (Fsp3) is 0.0909. The first kappa shape index (κ1) is 11.5. The summed E-state index contributed by atoms with van der Waals surface area (Å²) in [6, 6.07) is 6.36. The van der Waals surface area contributed by atoms with E-state index in [9.17, 15) is 4.79 Å². The van der Waals surface area contributed by atoms with Crippen LogP contribution in [0.4, 0.5) is 16.4 Å². The number of benzene rings is 1. The number of hydrogen-bond donors (Lipinski definition) is 2. The normalized spacial score (nSPS) is 10.0. The fourth-order valence-electron chi connectivity index (χ4n) is 1.31. The van der Waals surface area contributed by atoms with Gasteiger partial charge in [-0.3, -0.25) is 5.32 Å². The number of anilines is 2. The number of aromatic nitrogens is 1. The predicted octanol–water partition coefficient (Wildman–Crippen LogP) is 3.28. The van der Waals surface area contributed by atoms with Crippen LogP contribution in [-0.2, 0) is 0 Å². The summed E-state index contributed by atoms with van der Waals surface area (Å²) < 4.78 is 4.75. The van der Waals surface area contributed by atoms with Gasteiger partial charge >= 0.3 is 6.03 Å². The van der Waals surface area contributed by atoms with Crippen LogP contribution in [0, 0.1) is 6.92 Å². The molecule has 2 amide bonds. The molecule has 0 bridgehead atoms. The number of halogens is 1. The second-order valence-corrected chi connectivity index (χ2v) is 3.85. The molecule has 0 radical (unpaired) electrons. The molecule has 0 unspecified atom stereocenters. The summed E-state index contributed by atoms with van der Waals surface area (Å²) >= 11 is 5.82. The van der Waals surface area contributed by atoms with Crippen molar-refractivity contribution >= 4 is 29.2 Å². The number of nitrogens with zero attached hydrogens (tertiary/aromatic N) is 1. The number of aryl methyl sites for hydroxylation is 1. The highest BCUT2D eigenvalue weighted by molar-refractivity contribution is 6.30. The molecule has 0 aliphatic rings. The van der Waals surface area contributed by atoms with Crippen LogP contribution < -0.4 is 10.6 Å². The summed E-state index contributed by atoms with van der Waals surface area (Å²) in [4.78, 5) is 11.6. The molecule has 2 rings (SSSR count). The molecule has 17 heavy (non-hydrogen) atoms. The van der Waals surface area contributed by atoms with Crippen molar-refractivity contribution in [2.45, 2.75) is 6.92 Å². The Morgan fingerprint density at radius 1 is 1.35 bits per heavy atom. The minimum Gasteiger partial charge on any atom is -0.338 e. The molecule has 2 N–H and O–H groups in total. The van der Waals surface area contributed by atoms with Crippen molar-refractivity contribution in [3.63, 3.8) is 0 Å². The SMILES string of the molecule is Cc1cc(Cl)ccc1NC(=O)Nc1ccno1. The van der Waals surface area contributed by atoms with E-state index in [1.165, 1.54) is 6.20 Å². The zero-order valence-electron chi connectivity index (χ0n) is 9.03. The molecule has 0 fully saturated rings. The minimum atomic E-state index is -0.396. The average molecular weight is 252 g/mol. The van der Waals surface area contributed by atoms with Crippen molar-refractivity contribution in [1.82, 2.24) is 5.16 Å². The number of carbonyl (C=O) groups is 1. The lowest BCUT2D eigenvalue weighted by molar-refractivity contribution is 0.261.